The number of nitrogens with zero attached hydrogens (tertiary/aromatic N) is 2. The first-order valence-corrected chi connectivity index (χ1v) is 10.7. The summed E-state index contributed by atoms with van der Waals surface area (Å²) in [5.41, 5.74) is 2.62. The van der Waals surface area contributed by atoms with E-state index in [4.69, 9.17) is 9.47 Å². The van der Waals surface area contributed by atoms with E-state index in [-0.39, 0.29) is 31.2 Å². The molecule has 5 rings (SSSR count). The van der Waals surface area contributed by atoms with Crippen LogP contribution in [0.5, 0.6) is 11.5 Å². The molecule has 1 fully saturated rings. The summed E-state index contributed by atoms with van der Waals surface area (Å²) in [4.78, 5) is 41.9. The van der Waals surface area contributed by atoms with Crippen molar-refractivity contribution in [2.75, 3.05) is 38.3 Å². The maximum absolute atomic E-state index is 13.4. The number of ether oxygens (including phenoxy) is 2. The molecule has 32 heavy (non-hydrogen) atoms. The highest BCUT2D eigenvalue weighted by Crippen LogP contribution is 2.37. The van der Waals surface area contributed by atoms with E-state index in [1.165, 1.54) is 0 Å². The summed E-state index contributed by atoms with van der Waals surface area (Å²) < 4.78 is 10.8. The van der Waals surface area contributed by atoms with Gasteiger partial charge in [0, 0.05) is 19.6 Å². The number of hydrogen-bond acceptors (Lipinski definition) is 5. The lowest BCUT2D eigenvalue weighted by molar-refractivity contribution is -0.121. The van der Waals surface area contributed by atoms with Crippen LogP contribution in [0.2, 0.25) is 0 Å². The monoisotopic (exact) mass is 436 g/mol. The van der Waals surface area contributed by atoms with Crippen molar-refractivity contribution in [3.8, 4) is 22.6 Å². The zero-order valence-electron chi connectivity index (χ0n) is 17.7. The molecule has 2 aromatic carbocycles. The van der Waals surface area contributed by atoms with Crippen molar-refractivity contribution >= 4 is 23.5 Å². The highest BCUT2D eigenvalue weighted by molar-refractivity contribution is 6.10. The molecule has 9 heteroatoms. The molecule has 2 N–H and O–H groups in total. The molecular weight excluding hydrogens is 412 g/mol. The summed E-state index contributed by atoms with van der Waals surface area (Å²) >= 11 is 0. The number of nitrogens with one attached hydrogen (secondary N) is 2. The number of amides is 4. The summed E-state index contributed by atoms with van der Waals surface area (Å²) in [6.45, 7) is 3.58. The second-order valence-corrected chi connectivity index (χ2v) is 8.01. The number of carbonyl (C=O) groups is 3. The van der Waals surface area contributed by atoms with Crippen molar-refractivity contribution in [1.29, 1.82) is 0 Å². The fraction of sp³-hybridized carbons (Fsp3) is 0.348. The first-order valence-electron chi connectivity index (χ1n) is 10.7. The van der Waals surface area contributed by atoms with Crippen molar-refractivity contribution in [3.63, 3.8) is 0 Å². The predicted molar refractivity (Wildman–Crippen MR) is 117 cm³/mol. The second-order valence-electron chi connectivity index (χ2n) is 8.01. The van der Waals surface area contributed by atoms with E-state index in [0.717, 1.165) is 17.5 Å². The summed E-state index contributed by atoms with van der Waals surface area (Å²) in [5, 5.41) is 5.70. The molecule has 0 spiro atoms. The van der Waals surface area contributed by atoms with Crippen LogP contribution in [0.15, 0.2) is 36.4 Å². The van der Waals surface area contributed by atoms with E-state index in [9.17, 15) is 14.4 Å². The minimum atomic E-state index is -0.731. The molecule has 0 bridgehead atoms. The Hall–Kier alpha value is -3.75. The molecule has 0 aromatic heterocycles. The molecule has 9 nitrogen and oxygen atoms in total. The van der Waals surface area contributed by atoms with Gasteiger partial charge in [0.1, 0.15) is 6.04 Å². The van der Waals surface area contributed by atoms with Gasteiger partial charge in [0.2, 0.25) is 12.7 Å². The van der Waals surface area contributed by atoms with Gasteiger partial charge in [0.05, 0.1) is 17.8 Å². The maximum atomic E-state index is 13.4. The van der Waals surface area contributed by atoms with Crippen LogP contribution in [0.1, 0.15) is 23.7 Å². The van der Waals surface area contributed by atoms with Gasteiger partial charge in [0.15, 0.2) is 11.5 Å². The van der Waals surface area contributed by atoms with Crippen molar-refractivity contribution in [2.45, 2.75) is 19.4 Å². The number of fused-ring (bicyclic) bond motifs is 3. The Balaban J connectivity index is 1.42. The molecule has 2 aromatic rings. The lowest BCUT2D eigenvalue weighted by Gasteiger charge is -2.39. The number of rotatable bonds is 3. The third-order valence-corrected chi connectivity index (χ3v) is 5.97. The first-order chi connectivity index (χ1) is 15.5. The molecule has 3 aliphatic heterocycles. The van der Waals surface area contributed by atoms with Gasteiger partial charge in [-0.05, 0) is 41.8 Å². The van der Waals surface area contributed by atoms with E-state index >= 15 is 0 Å². The normalized spacial score (nSPS) is 19.1. The van der Waals surface area contributed by atoms with Gasteiger partial charge in [-0.2, -0.15) is 0 Å². The number of urea groups is 1. The van der Waals surface area contributed by atoms with Crippen molar-refractivity contribution < 1.29 is 23.9 Å². The van der Waals surface area contributed by atoms with E-state index in [2.05, 4.69) is 10.6 Å². The molecule has 166 valence electrons. The molecule has 4 amide bonds. The Morgan fingerprint density at radius 2 is 1.88 bits per heavy atom. The Morgan fingerprint density at radius 3 is 2.72 bits per heavy atom. The number of anilines is 1. The SMILES string of the molecule is CCCNC(=O)N1CCN2C(=O)c3cc(-c4ccc5c(c4)OCO5)ccc3NC(=O)C2C1. The van der Waals surface area contributed by atoms with Crippen LogP contribution < -0.4 is 20.1 Å². The third kappa shape index (κ3) is 3.49. The van der Waals surface area contributed by atoms with Crippen LogP contribution >= 0.6 is 0 Å². The topological polar surface area (TPSA) is 100 Å². The largest absolute Gasteiger partial charge is 0.454 e. The van der Waals surface area contributed by atoms with E-state index in [0.29, 0.717) is 42.4 Å². The van der Waals surface area contributed by atoms with Crippen LogP contribution in [0.25, 0.3) is 11.1 Å². The summed E-state index contributed by atoms with van der Waals surface area (Å²) in [5.74, 6) is 0.839. The second kappa shape index (κ2) is 8.07. The number of benzene rings is 2. The van der Waals surface area contributed by atoms with Crippen LogP contribution in [0, 0.1) is 0 Å². The molecule has 3 aliphatic rings. The molecule has 3 heterocycles. The van der Waals surface area contributed by atoms with Crippen molar-refractivity contribution in [3.05, 3.63) is 42.0 Å². The van der Waals surface area contributed by atoms with E-state index < -0.39 is 6.04 Å². The molecule has 0 saturated carbocycles. The lowest BCUT2D eigenvalue weighted by Crippen LogP contribution is -2.60. The van der Waals surface area contributed by atoms with Crippen LogP contribution in [-0.4, -0.2) is 66.7 Å². The summed E-state index contributed by atoms with van der Waals surface area (Å²) in [7, 11) is 0. The minimum Gasteiger partial charge on any atom is -0.454 e. The van der Waals surface area contributed by atoms with Crippen LogP contribution in [0.4, 0.5) is 10.5 Å². The zero-order chi connectivity index (χ0) is 22.2. The van der Waals surface area contributed by atoms with Gasteiger partial charge >= 0.3 is 6.03 Å². The van der Waals surface area contributed by atoms with Crippen molar-refractivity contribution in [1.82, 2.24) is 15.1 Å². The lowest BCUT2D eigenvalue weighted by atomic mass is 10.0. The molecule has 1 atom stereocenters. The average molecular weight is 436 g/mol. The summed E-state index contributed by atoms with van der Waals surface area (Å²) in [6.07, 6.45) is 0.828. The van der Waals surface area contributed by atoms with Crippen molar-refractivity contribution in [2.24, 2.45) is 0 Å². The molecule has 0 aliphatic carbocycles. The number of carbonyl (C=O) groups excluding carboxylic acids is 3. The standard InChI is InChI=1S/C23H24N4O5/c1-2-7-24-23(30)26-8-9-27-18(12-26)21(28)25-17-5-3-14(10-16(17)22(27)29)15-4-6-19-20(11-15)32-13-31-19/h3-6,10-11,18H,2,7-9,12-13H2,1H3,(H,24,30)(H,25,28). The Labute approximate surface area is 185 Å². The van der Waals surface area contributed by atoms with Gasteiger partial charge in [0.25, 0.3) is 5.91 Å². The molecule has 1 saturated heterocycles. The van der Waals surface area contributed by atoms with Crippen LogP contribution in [0.3, 0.4) is 0 Å². The predicted octanol–water partition coefficient (Wildman–Crippen LogP) is 2.28. The molecule has 0 radical (unpaired) electrons. The van der Waals surface area contributed by atoms with E-state index in [1.807, 2.05) is 31.2 Å². The van der Waals surface area contributed by atoms with Gasteiger partial charge in [-0.25, -0.2) is 4.79 Å². The summed E-state index contributed by atoms with van der Waals surface area (Å²) in [6, 6.07) is 10.1. The van der Waals surface area contributed by atoms with Gasteiger partial charge in [-0.15, -0.1) is 0 Å². The fourth-order valence-electron chi connectivity index (χ4n) is 4.24. The zero-order valence-corrected chi connectivity index (χ0v) is 17.7. The fourth-order valence-corrected chi connectivity index (χ4v) is 4.24. The Morgan fingerprint density at radius 1 is 1.09 bits per heavy atom. The number of piperazine rings is 1. The van der Waals surface area contributed by atoms with E-state index in [1.54, 1.807) is 21.9 Å². The number of hydrogen-bond donors (Lipinski definition) is 2. The highest BCUT2D eigenvalue weighted by Gasteiger charge is 2.40. The third-order valence-electron chi connectivity index (χ3n) is 5.97. The quantitative estimate of drug-likeness (QED) is 0.769. The highest BCUT2D eigenvalue weighted by atomic mass is 16.7. The maximum Gasteiger partial charge on any atom is 0.317 e. The van der Waals surface area contributed by atoms with Gasteiger partial charge < -0.3 is 29.9 Å². The molecule has 1 unspecified atom stereocenters. The smallest absolute Gasteiger partial charge is 0.317 e. The molecular formula is C23H24N4O5. The van der Waals surface area contributed by atoms with Gasteiger partial charge in [-0.1, -0.05) is 19.1 Å². The average Bonchev–Trinajstić information content (AvgIpc) is 3.26. The Bertz CT molecular complexity index is 1100. The van der Waals surface area contributed by atoms with Gasteiger partial charge in [-0.3, -0.25) is 9.59 Å². The minimum absolute atomic E-state index is 0.163. The Kier molecular flexibility index (Phi) is 5.08. The van der Waals surface area contributed by atoms with Crippen LogP contribution in [-0.2, 0) is 4.79 Å². The first kappa shape index (κ1) is 20.2.